The first-order chi connectivity index (χ1) is 18.6. The van der Waals surface area contributed by atoms with Crippen molar-refractivity contribution in [2.45, 2.75) is 84.7 Å². The fourth-order valence-electron chi connectivity index (χ4n) is 5.64. The molecule has 0 fully saturated rings. The van der Waals surface area contributed by atoms with E-state index in [2.05, 4.69) is 70.2 Å². The maximum absolute atomic E-state index is 11.3. The molecule has 39 heavy (non-hydrogen) atoms. The number of hydrogen-bond acceptors (Lipinski definition) is 3. The summed E-state index contributed by atoms with van der Waals surface area (Å²) in [6.07, 6.45) is 7.26. The maximum Gasteiger partial charge on any atom is 0.307 e. The van der Waals surface area contributed by atoms with Crippen LogP contribution in [0.4, 0.5) is 0 Å². The number of ether oxygens (including phenoxy) is 1. The second-order valence-electron chi connectivity index (χ2n) is 10.6. The van der Waals surface area contributed by atoms with Gasteiger partial charge in [0.15, 0.2) is 0 Å². The monoisotopic (exact) mass is 528 g/mol. The van der Waals surface area contributed by atoms with Crippen molar-refractivity contribution in [3.05, 3.63) is 94.1 Å². The first-order valence-electron chi connectivity index (χ1n) is 14.1. The Balaban J connectivity index is 2.05. The van der Waals surface area contributed by atoms with E-state index in [0.717, 1.165) is 46.4 Å². The van der Waals surface area contributed by atoms with Crippen molar-refractivity contribution in [1.82, 2.24) is 0 Å². The van der Waals surface area contributed by atoms with Crippen LogP contribution in [0.2, 0.25) is 0 Å². The molecule has 0 saturated heterocycles. The molecule has 0 aliphatic carbocycles. The zero-order valence-electron chi connectivity index (χ0n) is 24.6. The summed E-state index contributed by atoms with van der Waals surface area (Å²) in [6.45, 7) is 12.8. The van der Waals surface area contributed by atoms with E-state index in [4.69, 9.17) is 4.74 Å². The van der Waals surface area contributed by atoms with Gasteiger partial charge in [-0.15, -0.1) is 0 Å². The molecular weight excluding hydrogens is 484 g/mol. The van der Waals surface area contributed by atoms with Crippen molar-refractivity contribution < 1.29 is 19.7 Å². The van der Waals surface area contributed by atoms with Crippen LogP contribution >= 0.6 is 0 Å². The van der Waals surface area contributed by atoms with E-state index in [1.54, 1.807) is 7.11 Å². The zero-order valence-corrected chi connectivity index (χ0v) is 24.6. The Hall–Kier alpha value is -3.37. The van der Waals surface area contributed by atoms with Crippen molar-refractivity contribution in [3.8, 4) is 16.9 Å². The van der Waals surface area contributed by atoms with Gasteiger partial charge in [-0.2, -0.15) is 0 Å². The number of carbonyl (C=O) groups is 1. The molecule has 208 valence electrons. The minimum atomic E-state index is -0.850. The average Bonchev–Trinajstić information content (AvgIpc) is 2.93. The topological polar surface area (TPSA) is 66.8 Å². The number of aliphatic hydroxyl groups is 1. The van der Waals surface area contributed by atoms with Crippen molar-refractivity contribution in [1.29, 1.82) is 0 Å². The van der Waals surface area contributed by atoms with Crippen LogP contribution in [0.25, 0.3) is 17.2 Å². The summed E-state index contributed by atoms with van der Waals surface area (Å²) in [7, 11) is 1.64. The summed E-state index contributed by atoms with van der Waals surface area (Å²) in [5.74, 6) is -0.119. The molecule has 0 bridgehead atoms. The molecule has 0 aliphatic rings. The lowest BCUT2D eigenvalue weighted by Gasteiger charge is -2.34. The third-order valence-corrected chi connectivity index (χ3v) is 8.52. The second-order valence-corrected chi connectivity index (χ2v) is 10.6. The minimum Gasteiger partial charge on any atom is -0.496 e. The smallest absolute Gasteiger partial charge is 0.307 e. The summed E-state index contributed by atoms with van der Waals surface area (Å²) in [4.78, 5) is 11.3. The summed E-state index contributed by atoms with van der Waals surface area (Å²) in [6, 6.07) is 18.9. The van der Waals surface area contributed by atoms with Gasteiger partial charge in [0.2, 0.25) is 0 Å². The lowest BCUT2D eigenvalue weighted by atomic mass is 9.69. The lowest BCUT2D eigenvalue weighted by molar-refractivity contribution is -0.136. The van der Waals surface area contributed by atoms with E-state index < -0.39 is 11.6 Å². The SMILES string of the molecule is CCC(O)(/C=C/c1ccc(C(CC)(CC)c2ccc(-c3cc(CC(=O)O)ccc3OC)c(C)c2)cc1C)CC. The molecule has 0 radical (unpaired) electrons. The van der Waals surface area contributed by atoms with Crippen molar-refractivity contribution in [3.63, 3.8) is 0 Å². The third-order valence-electron chi connectivity index (χ3n) is 8.52. The largest absolute Gasteiger partial charge is 0.496 e. The van der Waals surface area contributed by atoms with Crippen LogP contribution in [-0.4, -0.2) is 28.9 Å². The van der Waals surface area contributed by atoms with Crippen LogP contribution < -0.4 is 4.74 Å². The molecule has 0 atom stereocenters. The fourth-order valence-corrected chi connectivity index (χ4v) is 5.64. The first kappa shape index (κ1) is 30.2. The Labute approximate surface area is 234 Å². The summed E-state index contributed by atoms with van der Waals surface area (Å²) in [5, 5.41) is 20.0. The van der Waals surface area contributed by atoms with Crippen LogP contribution in [0.3, 0.4) is 0 Å². The predicted octanol–water partition coefficient (Wildman–Crippen LogP) is 8.28. The summed E-state index contributed by atoms with van der Waals surface area (Å²) in [5.41, 5.74) is 7.79. The van der Waals surface area contributed by atoms with Gasteiger partial charge in [0.25, 0.3) is 0 Å². The molecule has 3 aromatic rings. The molecule has 4 nitrogen and oxygen atoms in total. The van der Waals surface area contributed by atoms with Gasteiger partial charge in [-0.1, -0.05) is 82.3 Å². The average molecular weight is 529 g/mol. The highest BCUT2D eigenvalue weighted by atomic mass is 16.5. The fraction of sp³-hybridized carbons (Fsp3) is 0.400. The normalized spacial score (nSPS) is 12.2. The Morgan fingerprint density at radius 1 is 0.821 bits per heavy atom. The van der Waals surface area contributed by atoms with Crippen molar-refractivity contribution in [2.24, 2.45) is 0 Å². The Morgan fingerprint density at radius 2 is 1.44 bits per heavy atom. The predicted molar refractivity (Wildman–Crippen MR) is 162 cm³/mol. The van der Waals surface area contributed by atoms with Crippen LogP contribution in [0.5, 0.6) is 5.75 Å². The number of rotatable bonds is 12. The van der Waals surface area contributed by atoms with Gasteiger partial charge < -0.3 is 14.9 Å². The lowest BCUT2D eigenvalue weighted by Crippen LogP contribution is -2.26. The van der Waals surface area contributed by atoms with E-state index in [1.807, 2.05) is 38.1 Å². The van der Waals surface area contributed by atoms with Gasteiger partial charge in [-0.25, -0.2) is 0 Å². The highest BCUT2D eigenvalue weighted by Crippen LogP contribution is 2.42. The first-order valence-corrected chi connectivity index (χ1v) is 14.1. The zero-order chi connectivity index (χ0) is 28.8. The number of benzene rings is 3. The number of carboxylic acid groups (broad SMARTS) is 1. The number of aryl methyl sites for hydroxylation is 2. The summed E-state index contributed by atoms with van der Waals surface area (Å²) >= 11 is 0. The molecule has 2 N–H and O–H groups in total. The van der Waals surface area contributed by atoms with Crippen LogP contribution in [-0.2, 0) is 16.6 Å². The molecule has 3 rings (SSSR count). The van der Waals surface area contributed by atoms with Crippen LogP contribution in [0.15, 0.2) is 60.7 Å². The van der Waals surface area contributed by atoms with Gasteiger partial charge in [0, 0.05) is 11.0 Å². The highest BCUT2D eigenvalue weighted by molar-refractivity contribution is 5.77. The van der Waals surface area contributed by atoms with Crippen molar-refractivity contribution >= 4 is 12.0 Å². The molecular formula is C35H44O4. The van der Waals surface area contributed by atoms with Gasteiger partial charge in [-0.05, 0) is 90.6 Å². The second kappa shape index (κ2) is 12.7. The van der Waals surface area contributed by atoms with Crippen LogP contribution in [0.1, 0.15) is 86.8 Å². The third kappa shape index (κ3) is 6.45. The van der Waals surface area contributed by atoms with E-state index in [1.165, 1.54) is 16.7 Å². The quantitative estimate of drug-likeness (QED) is 0.248. The molecule has 3 aromatic carbocycles. The Morgan fingerprint density at radius 3 is 1.95 bits per heavy atom. The van der Waals surface area contributed by atoms with Gasteiger partial charge in [0.1, 0.15) is 5.75 Å². The molecule has 0 heterocycles. The number of aliphatic carboxylic acids is 1. The Bertz CT molecular complexity index is 1330. The number of methoxy groups -OCH3 is 1. The van der Waals surface area contributed by atoms with E-state index in [-0.39, 0.29) is 11.8 Å². The molecule has 0 aromatic heterocycles. The molecule has 0 spiro atoms. The number of carboxylic acids is 1. The van der Waals surface area contributed by atoms with Gasteiger partial charge >= 0.3 is 5.97 Å². The molecule has 4 heteroatoms. The maximum atomic E-state index is 11.3. The molecule has 0 amide bonds. The highest BCUT2D eigenvalue weighted by Gasteiger charge is 2.31. The van der Waals surface area contributed by atoms with Gasteiger partial charge in [0.05, 0.1) is 19.1 Å². The van der Waals surface area contributed by atoms with Crippen molar-refractivity contribution in [2.75, 3.05) is 7.11 Å². The van der Waals surface area contributed by atoms with E-state index in [9.17, 15) is 15.0 Å². The van der Waals surface area contributed by atoms with Crippen LogP contribution in [0, 0.1) is 13.8 Å². The molecule has 0 saturated carbocycles. The number of hydrogen-bond donors (Lipinski definition) is 2. The minimum absolute atomic E-state index is 0.0242. The standard InChI is InChI=1S/C35H44O4/c1-8-34(38,9-2)19-18-27-13-14-28(20-24(27)5)35(10-3,11-4)29-15-16-30(25(6)21-29)31-22-26(23-33(36)37)12-17-32(31)39-7/h12-22,38H,8-11,23H2,1-7H3,(H,36,37)/b19-18+. The van der Waals surface area contributed by atoms with Gasteiger partial charge in [-0.3, -0.25) is 4.79 Å². The molecule has 0 aliphatic heterocycles. The molecule has 0 unspecified atom stereocenters. The Kier molecular flexibility index (Phi) is 9.79. The van der Waals surface area contributed by atoms with E-state index in [0.29, 0.717) is 12.8 Å². The van der Waals surface area contributed by atoms with E-state index >= 15 is 0 Å². The summed E-state index contributed by atoms with van der Waals surface area (Å²) < 4.78 is 5.63.